The van der Waals surface area contributed by atoms with Gasteiger partial charge >= 0.3 is 0 Å². The first kappa shape index (κ1) is 14.2. The van der Waals surface area contributed by atoms with Gasteiger partial charge < -0.3 is 25.2 Å². The summed E-state index contributed by atoms with van der Waals surface area (Å²) in [6.45, 7) is 0.663. The van der Waals surface area contributed by atoms with Crippen molar-refractivity contribution < 1.29 is 14.9 Å². The Morgan fingerprint density at radius 3 is 2.76 bits per heavy atom. The van der Waals surface area contributed by atoms with Crippen LogP contribution in [0.15, 0.2) is 0 Å². The van der Waals surface area contributed by atoms with Crippen molar-refractivity contribution in [3.63, 3.8) is 0 Å². The first-order valence-corrected chi connectivity index (χ1v) is 6.10. The van der Waals surface area contributed by atoms with Gasteiger partial charge in [-0.3, -0.25) is 0 Å². The minimum atomic E-state index is -0.734. The third kappa shape index (κ3) is 4.12. The molecule has 0 amide bonds. The van der Waals surface area contributed by atoms with Crippen LogP contribution in [0, 0.1) is 0 Å². The molecular formula is C10H19N3O3S. The third-order valence-corrected chi connectivity index (χ3v) is 3.31. The highest BCUT2D eigenvalue weighted by Gasteiger charge is 2.13. The number of hydrogen-bond acceptors (Lipinski definition) is 7. The van der Waals surface area contributed by atoms with Crippen LogP contribution in [0.25, 0.3) is 0 Å². The first-order chi connectivity index (χ1) is 8.08. The molecular weight excluding hydrogens is 242 g/mol. The summed E-state index contributed by atoms with van der Waals surface area (Å²) in [6, 6.07) is 0. The molecule has 1 aromatic heterocycles. The average Bonchev–Trinajstić information content (AvgIpc) is 2.72. The maximum atomic E-state index is 9.19. The molecule has 1 unspecified atom stereocenters. The van der Waals surface area contributed by atoms with Crippen LogP contribution in [0.4, 0.5) is 5.13 Å². The van der Waals surface area contributed by atoms with Crippen molar-refractivity contribution in [1.29, 1.82) is 0 Å². The summed E-state index contributed by atoms with van der Waals surface area (Å²) in [6.07, 6.45) is -0.734. The van der Waals surface area contributed by atoms with E-state index >= 15 is 0 Å². The van der Waals surface area contributed by atoms with Gasteiger partial charge in [0.2, 0.25) is 5.88 Å². The van der Waals surface area contributed by atoms with Gasteiger partial charge in [-0.25, -0.2) is 0 Å². The molecule has 0 aromatic carbocycles. The Morgan fingerprint density at radius 1 is 1.53 bits per heavy atom. The third-order valence-electron chi connectivity index (χ3n) is 2.10. The Balaban J connectivity index is 2.57. The van der Waals surface area contributed by atoms with Crippen molar-refractivity contribution in [2.45, 2.75) is 12.6 Å². The number of aliphatic hydroxyl groups is 2. The Morgan fingerprint density at radius 2 is 2.24 bits per heavy atom. The SMILES string of the molecule is COc1nc(N(C)C)sc1CNCC(O)CO. The number of aliphatic hydroxyl groups excluding tert-OH is 2. The number of methoxy groups -OCH3 is 1. The van der Waals surface area contributed by atoms with Gasteiger partial charge in [0.05, 0.1) is 24.7 Å². The Kier molecular flexibility index (Phi) is 5.63. The molecule has 17 heavy (non-hydrogen) atoms. The minimum absolute atomic E-state index is 0.240. The van der Waals surface area contributed by atoms with E-state index in [-0.39, 0.29) is 6.61 Å². The fourth-order valence-corrected chi connectivity index (χ4v) is 2.13. The molecule has 0 fully saturated rings. The Labute approximate surface area is 105 Å². The molecule has 0 aliphatic rings. The lowest BCUT2D eigenvalue weighted by atomic mass is 10.4. The predicted molar refractivity (Wildman–Crippen MR) is 67.8 cm³/mol. The molecule has 0 bridgehead atoms. The molecule has 0 aliphatic carbocycles. The lowest BCUT2D eigenvalue weighted by Gasteiger charge is -2.08. The van der Waals surface area contributed by atoms with Crippen LogP contribution in [0.1, 0.15) is 4.88 Å². The Hall–Kier alpha value is -0.890. The van der Waals surface area contributed by atoms with Crippen LogP contribution in [-0.2, 0) is 6.54 Å². The second-order valence-electron chi connectivity index (χ2n) is 3.79. The molecule has 1 atom stereocenters. The molecule has 0 saturated carbocycles. The average molecular weight is 261 g/mol. The molecule has 0 radical (unpaired) electrons. The van der Waals surface area contributed by atoms with Gasteiger partial charge in [0.1, 0.15) is 0 Å². The zero-order chi connectivity index (χ0) is 12.8. The maximum absolute atomic E-state index is 9.19. The summed E-state index contributed by atoms with van der Waals surface area (Å²) in [4.78, 5) is 7.21. The summed E-state index contributed by atoms with van der Waals surface area (Å²) in [5, 5.41) is 21.8. The minimum Gasteiger partial charge on any atom is -0.480 e. The van der Waals surface area contributed by atoms with Gasteiger partial charge in [-0.2, -0.15) is 4.98 Å². The summed E-state index contributed by atoms with van der Waals surface area (Å²) in [5.74, 6) is 0.602. The maximum Gasteiger partial charge on any atom is 0.230 e. The highest BCUT2D eigenvalue weighted by atomic mass is 32.1. The zero-order valence-corrected chi connectivity index (χ0v) is 11.1. The smallest absolute Gasteiger partial charge is 0.230 e. The van der Waals surface area contributed by atoms with E-state index < -0.39 is 6.10 Å². The predicted octanol–water partition coefficient (Wildman–Crippen LogP) is -0.339. The van der Waals surface area contributed by atoms with Crippen molar-refractivity contribution in [2.75, 3.05) is 39.3 Å². The van der Waals surface area contributed by atoms with Gasteiger partial charge in [-0.1, -0.05) is 11.3 Å². The van der Waals surface area contributed by atoms with E-state index in [0.717, 1.165) is 10.0 Å². The van der Waals surface area contributed by atoms with Gasteiger partial charge in [-0.15, -0.1) is 0 Å². The van der Waals surface area contributed by atoms with Crippen molar-refractivity contribution >= 4 is 16.5 Å². The van der Waals surface area contributed by atoms with Crippen LogP contribution >= 0.6 is 11.3 Å². The van der Waals surface area contributed by atoms with E-state index in [1.165, 1.54) is 11.3 Å². The van der Waals surface area contributed by atoms with Gasteiger partial charge in [0.15, 0.2) is 5.13 Å². The molecule has 0 saturated heterocycles. The number of rotatable bonds is 7. The molecule has 1 heterocycles. The number of anilines is 1. The largest absolute Gasteiger partial charge is 0.480 e. The zero-order valence-electron chi connectivity index (χ0n) is 10.3. The number of aromatic nitrogens is 1. The van der Waals surface area contributed by atoms with Gasteiger partial charge in [0, 0.05) is 27.2 Å². The molecule has 98 valence electrons. The lowest BCUT2D eigenvalue weighted by Crippen LogP contribution is -2.28. The second-order valence-corrected chi connectivity index (χ2v) is 4.85. The number of nitrogens with one attached hydrogen (secondary N) is 1. The van der Waals surface area contributed by atoms with Crippen LogP contribution in [0.5, 0.6) is 5.88 Å². The van der Waals surface area contributed by atoms with E-state index in [9.17, 15) is 5.11 Å². The summed E-state index contributed by atoms with van der Waals surface area (Å²) in [5.41, 5.74) is 0. The molecule has 1 aromatic rings. The molecule has 0 spiro atoms. The standard InChI is InChI=1S/C10H19N3O3S/c1-13(2)10-12-9(16-3)8(17-10)5-11-4-7(15)6-14/h7,11,14-15H,4-6H2,1-3H3. The van der Waals surface area contributed by atoms with Crippen molar-refractivity contribution in [3.8, 4) is 5.88 Å². The molecule has 0 aliphatic heterocycles. The van der Waals surface area contributed by atoms with E-state index in [4.69, 9.17) is 9.84 Å². The molecule has 7 heteroatoms. The van der Waals surface area contributed by atoms with Crippen molar-refractivity contribution in [1.82, 2.24) is 10.3 Å². The van der Waals surface area contributed by atoms with Gasteiger partial charge in [-0.05, 0) is 0 Å². The second kappa shape index (κ2) is 6.75. The Bertz CT molecular complexity index is 344. The van der Waals surface area contributed by atoms with E-state index in [2.05, 4.69) is 10.3 Å². The number of hydrogen-bond donors (Lipinski definition) is 3. The number of ether oxygens (including phenoxy) is 1. The van der Waals surface area contributed by atoms with Crippen LogP contribution in [0.2, 0.25) is 0 Å². The topological polar surface area (TPSA) is 77.9 Å². The van der Waals surface area contributed by atoms with Crippen LogP contribution in [0.3, 0.4) is 0 Å². The molecule has 6 nitrogen and oxygen atoms in total. The lowest BCUT2D eigenvalue weighted by molar-refractivity contribution is 0.0942. The van der Waals surface area contributed by atoms with E-state index in [0.29, 0.717) is 19.0 Å². The monoisotopic (exact) mass is 261 g/mol. The highest BCUT2D eigenvalue weighted by Crippen LogP contribution is 2.29. The van der Waals surface area contributed by atoms with E-state index in [1.807, 2.05) is 19.0 Å². The highest BCUT2D eigenvalue weighted by molar-refractivity contribution is 7.15. The first-order valence-electron chi connectivity index (χ1n) is 5.29. The quantitative estimate of drug-likeness (QED) is 0.623. The summed E-state index contributed by atoms with van der Waals surface area (Å²) in [7, 11) is 5.43. The number of thiazole rings is 1. The summed E-state index contributed by atoms with van der Waals surface area (Å²) >= 11 is 1.53. The van der Waals surface area contributed by atoms with Gasteiger partial charge in [0.25, 0.3) is 0 Å². The van der Waals surface area contributed by atoms with Crippen molar-refractivity contribution in [3.05, 3.63) is 4.88 Å². The fourth-order valence-electron chi connectivity index (χ4n) is 1.21. The number of nitrogens with zero attached hydrogens (tertiary/aromatic N) is 2. The van der Waals surface area contributed by atoms with Crippen molar-refractivity contribution in [2.24, 2.45) is 0 Å². The molecule has 3 N–H and O–H groups in total. The normalized spacial score (nSPS) is 12.5. The molecule has 1 rings (SSSR count). The fraction of sp³-hybridized carbons (Fsp3) is 0.700. The van der Waals surface area contributed by atoms with E-state index in [1.54, 1.807) is 7.11 Å². The summed E-state index contributed by atoms with van der Waals surface area (Å²) < 4.78 is 5.18. The van der Waals surface area contributed by atoms with Crippen LogP contribution in [-0.4, -0.2) is 55.7 Å². The van der Waals surface area contributed by atoms with Crippen LogP contribution < -0.4 is 15.0 Å².